The quantitative estimate of drug-likeness (QED) is 0.378. The first-order valence-electron chi connectivity index (χ1n) is 12.6. The van der Waals surface area contributed by atoms with Gasteiger partial charge in [0.05, 0.1) is 28.0 Å². The minimum absolute atomic E-state index is 0.00623. The van der Waals surface area contributed by atoms with Crippen molar-refractivity contribution in [3.05, 3.63) is 71.2 Å². The van der Waals surface area contributed by atoms with Crippen LogP contribution < -0.4 is 5.32 Å². The molecule has 5 rings (SSSR count). The van der Waals surface area contributed by atoms with Gasteiger partial charge in [-0.25, -0.2) is 19.6 Å². The standard InChI is InChI=1S/C26H25ClF3N9O2/c1-36-9-4-10-38(12-11-36)24(41)17-6-5-16(13-19(17)27)34-23(40)22-33-14-20(37(22)2)18-15-39(25-31-7-3-8-32-25)35-21(18)26(28,29)30/h3,5-8,13-15H,4,9-12H2,1-2H3,(H,34,40). The number of carbonyl (C=O) groups is 2. The highest BCUT2D eigenvalue weighted by molar-refractivity contribution is 6.34. The zero-order chi connectivity index (χ0) is 29.3. The Balaban J connectivity index is 1.37. The molecule has 4 heterocycles. The molecule has 1 aliphatic rings. The molecular formula is C26H25ClF3N9O2. The van der Waals surface area contributed by atoms with Crippen molar-refractivity contribution in [1.82, 2.24) is 39.1 Å². The molecule has 214 valence electrons. The molecule has 0 atom stereocenters. The normalized spacial score (nSPS) is 14.6. The average molecular weight is 588 g/mol. The molecule has 1 aliphatic heterocycles. The maximum atomic E-state index is 13.9. The van der Waals surface area contributed by atoms with Crippen LogP contribution in [-0.4, -0.2) is 84.1 Å². The monoisotopic (exact) mass is 587 g/mol. The molecule has 0 aliphatic carbocycles. The van der Waals surface area contributed by atoms with Gasteiger partial charge in [0.15, 0.2) is 11.5 Å². The molecule has 4 aromatic rings. The van der Waals surface area contributed by atoms with E-state index < -0.39 is 17.8 Å². The molecule has 0 radical (unpaired) electrons. The van der Waals surface area contributed by atoms with Crippen LogP contribution in [0.3, 0.4) is 0 Å². The Hall–Kier alpha value is -4.30. The molecule has 1 N–H and O–H groups in total. The zero-order valence-corrected chi connectivity index (χ0v) is 22.8. The number of rotatable bonds is 5. The number of halogens is 4. The fourth-order valence-corrected chi connectivity index (χ4v) is 4.79. The van der Waals surface area contributed by atoms with Crippen LogP contribution >= 0.6 is 11.6 Å². The van der Waals surface area contributed by atoms with Gasteiger partial charge in [-0.3, -0.25) is 9.59 Å². The number of nitrogens with one attached hydrogen (secondary N) is 1. The highest BCUT2D eigenvalue weighted by atomic mass is 35.5. The Morgan fingerprint density at radius 1 is 1.02 bits per heavy atom. The Kier molecular flexibility index (Phi) is 7.78. The topological polar surface area (TPSA) is 114 Å². The predicted molar refractivity (Wildman–Crippen MR) is 144 cm³/mol. The van der Waals surface area contributed by atoms with E-state index in [0.717, 1.165) is 36.6 Å². The van der Waals surface area contributed by atoms with Crippen LogP contribution in [0, 0.1) is 0 Å². The lowest BCUT2D eigenvalue weighted by atomic mass is 10.1. The summed E-state index contributed by atoms with van der Waals surface area (Å²) in [6.07, 6.45) is 1.11. The number of nitrogens with zero attached hydrogens (tertiary/aromatic N) is 8. The zero-order valence-electron chi connectivity index (χ0n) is 22.1. The van der Waals surface area contributed by atoms with Gasteiger partial charge in [-0.1, -0.05) is 11.6 Å². The summed E-state index contributed by atoms with van der Waals surface area (Å²) in [5, 5.41) is 6.45. The minimum Gasteiger partial charge on any atom is -0.337 e. The van der Waals surface area contributed by atoms with Crippen molar-refractivity contribution >= 4 is 29.1 Å². The maximum Gasteiger partial charge on any atom is 0.435 e. The first-order chi connectivity index (χ1) is 19.5. The number of imidazole rings is 1. The molecule has 1 aromatic carbocycles. The van der Waals surface area contributed by atoms with E-state index in [0.29, 0.717) is 24.3 Å². The van der Waals surface area contributed by atoms with Gasteiger partial charge in [0.25, 0.3) is 11.8 Å². The Morgan fingerprint density at radius 2 is 1.78 bits per heavy atom. The molecule has 0 saturated carbocycles. The third-order valence-electron chi connectivity index (χ3n) is 6.67. The number of hydrogen-bond donors (Lipinski definition) is 1. The van der Waals surface area contributed by atoms with Gasteiger partial charge in [0.2, 0.25) is 5.95 Å². The third kappa shape index (κ3) is 5.93. The summed E-state index contributed by atoms with van der Waals surface area (Å²) in [5.74, 6) is -1.08. The van der Waals surface area contributed by atoms with E-state index in [1.807, 2.05) is 7.05 Å². The van der Waals surface area contributed by atoms with Crippen molar-refractivity contribution in [2.45, 2.75) is 12.6 Å². The van der Waals surface area contributed by atoms with Gasteiger partial charge in [-0.2, -0.15) is 18.3 Å². The van der Waals surface area contributed by atoms with Crippen molar-refractivity contribution in [2.24, 2.45) is 7.05 Å². The molecule has 1 saturated heterocycles. The van der Waals surface area contributed by atoms with Crippen molar-refractivity contribution in [2.75, 3.05) is 38.5 Å². The molecule has 0 unspecified atom stereocenters. The van der Waals surface area contributed by atoms with Crippen LogP contribution in [0.2, 0.25) is 5.02 Å². The van der Waals surface area contributed by atoms with Crippen LogP contribution in [0.4, 0.5) is 18.9 Å². The van der Waals surface area contributed by atoms with Gasteiger partial charge in [-0.15, -0.1) is 0 Å². The maximum absolute atomic E-state index is 13.9. The second kappa shape index (κ2) is 11.3. The second-order valence-corrected chi connectivity index (χ2v) is 9.91. The fourth-order valence-electron chi connectivity index (χ4n) is 4.53. The summed E-state index contributed by atoms with van der Waals surface area (Å²) in [6, 6.07) is 6.05. The summed E-state index contributed by atoms with van der Waals surface area (Å²) in [5.41, 5.74) is -0.867. The number of alkyl halides is 3. The van der Waals surface area contributed by atoms with Gasteiger partial charge in [0, 0.05) is 51.0 Å². The van der Waals surface area contributed by atoms with Crippen LogP contribution in [-0.2, 0) is 13.2 Å². The Bertz CT molecular complexity index is 1590. The highest BCUT2D eigenvalue weighted by Crippen LogP contribution is 2.36. The van der Waals surface area contributed by atoms with Gasteiger partial charge < -0.3 is 19.7 Å². The molecule has 0 bridgehead atoms. The molecule has 11 nitrogen and oxygen atoms in total. The van der Waals surface area contributed by atoms with E-state index in [2.05, 4.69) is 30.3 Å². The lowest BCUT2D eigenvalue weighted by Crippen LogP contribution is -2.34. The van der Waals surface area contributed by atoms with E-state index in [4.69, 9.17) is 11.6 Å². The molecule has 0 spiro atoms. The second-order valence-electron chi connectivity index (χ2n) is 9.51. The van der Waals surface area contributed by atoms with Gasteiger partial charge >= 0.3 is 6.18 Å². The van der Waals surface area contributed by atoms with Crippen molar-refractivity contribution in [3.8, 4) is 17.2 Å². The molecule has 15 heteroatoms. The van der Waals surface area contributed by atoms with Crippen LogP contribution in [0.5, 0.6) is 0 Å². The van der Waals surface area contributed by atoms with E-state index >= 15 is 0 Å². The van der Waals surface area contributed by atoms with E-state index in [1.165, 1.54) is 48.3 Å². The molecular weight excluding hydrogens is 563 g/mol. The Morgan fingerprint density at radius 3 is 2.49 bits per heavy atom. The first-order valence-corrected chi connectivity index (χ1v) is 13.0. The van der Waals surface area contributed by atoms with Crippen molar-refractivity contribution < 1.29 is 22.8 Å². The molecule has 1 fully saturated rings. The number of likely N-dealkylation sites (N-methyl/N-ethyl adjacent to an activating group) is 1. The summed E-state index contributed by atoms with van der Waals surface area (Å²) in [4.78, 5) is 41.9. The number of benzene rings is 1. The predicted octanol–water partition coefficient (Wildman–Crippen LogP) is 3.77. The average Bonchev–Trinajstić information content (AvgIpc) is 3.48. The smallest absolute Gasteiger partial charge is 0.337 e. The SMILES string of the molecule is CN1CCCN(C(=O)c2ccc(NC(=O)c3ncc(-c4cn(-c5ncccn5)nc4C(F)(F)F)n3C)cc2Cl)CC1. The fraction of sp³-hybridized carbons (Fsp3) is 0.308. The van der Waals surface area contributed by atoms with Gasteiger partial charge in [0.1, 0.15) is 0 Å². The van der Waals surface area contributed by atoms with Crippen LogP contribution in [0.1, 0.15) is 33.1 Å². The minimum atomic E-state index is -4.79. The van der Waals surface area contributed by atoms with Crippen molar-refractivity contribution in [1.29, 1.82) is 0 Å². The number of carbonyl (C=O) groups excluding carboxylic acids is 2. The number of aromatic nitrogens is 6. The summed E-state index contributed by atoms with van der Waals surface area (Å²) in [7, 11) is 3.42. The molecule has 3 aromatic heterocycles. The van der Waals surface area contributed by atoms with Crippen LogP contribution in [0.25, 0.3) is 17.2 Å². The lowest BCUT2D eigenvalue weighted by molar-refractivity contribution is -0.140. The van der Waals surface area contributed by atoms with Gasteiger partial charge in [-0.05, 0) is 44.3 Å². The largest absolute Gasteiger partial charge is 0.435 e. The molecule has 2 amide bonds. The van der Waals surface area contributed by atoms with Crippen LogP contribution in [0.15, 0.2) is 49.1 Å². The van der Waals surface area contributed by atoms with E-state index in [9.17, 15) is 22.8 Å². The first kappa shape index (κ1) is 28.2. The number of hydrogen-bond acceptors (Lipinski definition) is 7. The van der Waals surface area contributed by atoms with E-state index in [1.54, 1.807) is 4.90 Å². The third-order valence-corrected chi connectivity index (χ3v) is 6.98. The van der Waals surface area contributed by atoms with E-state index in [-0.39, 0.29) is 34.0 Å². The lowest BCUT2D eigenvalue weighted by Gasteiger charge is -2.21. The van der Waals surface area contributed by atoms with Crippen molar-refractivity contribution in [3.63, 3.8) is 0 Å². The summed E-state index contributed by atoms with van der Waals surface area (Å²) < 4.78 is 43.7. The Labute approximate surface area is 237 Å². The molecule has 41 heavy (non-hydrogen) atoms. The number of anilines is 1. The summed E-state index contributed by atoms with van der Waals surface area (Å²) >= 11 is 6.41. The highest BCUT2D eigenvalue weighted by Gasteiger charge is 2.39. The summed E-state index contributed by atoms with van der Waals surface area (Å²) in [6.45, 7) is 2.86. The number of amides is 2.